The number of benzene rings is 1. The first-order valence-electron chi connectivity index (χ1n) is 7.63. The molecule has 2 rings (SSSR count). The summed E-state index contributed by atoms with van der Waals surface area (Å²) in [5, 5.41) is 12.6. The van der Waals surface area contributed by atoms with Crippen molar-refractivity contribution in [3.05, 3.63) is 29.6 Å². The molecule has 3 nitrogen and oxygen atoms in total. The van der Waals surface area contributed by atoms with Crippen LogP contribution in [0.3, 0.4) is 0 Å². The molecular formula is C16H25FN2O. The molecule has 1 aliphatic rings. The Kier molecular flexibility index (Phi) is 5.80. The molecule has 4 heteroatoms. The molecule has 0 aromatic heterocycles. The van der Waals surface area contributed by atoms with Gasteiger partial charge < -0.3 is 15.3 Å². The first kappa shape index (κ1) is 15.3. The summed E-state index contributed by atoms with van der Waals surface area (Å²) in [6, 6.07) is 5.48. The fourth-order valence-electron chi connectivity index (χ4n) is 2.68. The Hall–Kier alpha value is -1.13. The second-order valence-corrected chi connectivity index (χ2v) is 5.45. The maximum absolute atomic E-state index is 13.5. The van der Waals surface area contributed by atoms with Crippen molar-refractivity contribution in [1.29, 1.82) is 0 Å². The van der Waals surface area contributed by atoms with Gasteiger partial charge >= 0.3 is 0 Å². The molecule has 1 saturated carbocycles. The average molecular weight is 280 g/mol. The van der Waals surface area contributed by atoms with Crippen molar-refractivity contribution in [3.63, 3.8) is 0 Å². The van der Waals surface area contributed by atoms with Crippen LogP contribution in [0.15, 0.2) is 18.2 Å². The number of nitrogens with zero attached hydrogens (tertiary/aromatic N) is 1. The van der Waals surface area contributed by atoms with Crippen LogP contribution in [0.2, 0.25) is 0 Å². The Morgan fingerprint density at radius 1 is 1.40 bits per heavy atom. The highest BCUT2D eigenvalue weighted by atomic mass is 19.1. The van der Waals surface area contributed by atoms with Gasteiger partial charge in [0, 0.05) is 24.8 Å². The van der Waals surface area contributed by atoms with Gasteiger partial charge in [0.2, 0.25) is 0 Å². The van der Waals surface area contributed by atoms with E-state index in [1.165, 1.54) is 25.3 Å². The Morgan fingerprint density at radius 2 is 2.20 bits per heavy atom. The van der Waals surface area contributed by atoms with Crippen LogP contribution in [0, 0.1) is 5.82 Å². The van der Waals surface area contributed by atoms with E-state index in [9.17, 15) is 9.50 Å². The largest absolute Gasteiger partial charge is 0.395 e. The zero-order valence-electron chi connectivity index (χ0n) is 12.2. The van der Waals surface area contributed by atoms with E-state index < -0.39 is 0 Å². The fraction of sp³-hybridized carbons (Fsp3) is 0.625. The SMILES string of the molecule is CCCNCc1cc(F)ccc1N(CCO)C1CCC1. The van der Waals surface area contributed by atoms with E-state index in [0.717, 1.165) is 24.2 Å². The van der Waals surface area contributed by atoms with Gasteiger partial charge in [-0.05, 0) is 56.0 Å². The molecule has 1 aromatic rings. The molecule has 0 spiro atoms. The van der Waals surface area contributed by atoms with Crippen molar-refractivity contribution >= 4 is 5.69 Å². The van der Waals surface area contributed by atoms with Crippen molar-refractivity contribution in [2.75, 3.05) is 24.6 Å². The Bertz CT molecular complexity index is 421. The number of aliphatic hydroxyl groups excluding tert-OH is 1. The predicted molar refractivity (Wildman–Crippen MR) is 80.5 cm³/mol. The standard InChI is InChI=1S/C16H25FN2O/c1-2-8-18-12-13-11-14(17)6-7-16(13)19(9-10-20)15-4-3-5-15/h6-7,11,15,18,20H,2-5,8-10,12H2,1H3. The summed E-state index contributed by atoms with van der Waals surface area (Å²) in [6.07, 6.45) is 4.64. The minimum atomic E-state index is -0.195. The van der Waals surface area contributed by atoms with Crippen molar-refractivity contribution < 1.29 is 9.50 Å². The molecule has 0 aliphatic heterocycles. The van der Waals surface area contributed by atoms with Crippen LogP contribution in [0.25, 0.3) is 0 Å². The van der Waals surface area contributed by atoms with Gasteiger partial charge in [0.15, 0.2) is 0 Å². The Labute approximate surface area is 120 Å². The normalized spacial score (nSPS) is 15.2. The third-order valence-corrected chi connectivity index (χ3v) is 3.95. The van der Waals surface area contributed by atoms with Crippen LogP contribution >= 0.6 is 0 Å². The van der Waals surface area contributed by atoms with Crippen LogP contribution < -0.4 is 10.2 Å². The number of nitrogens with one attached hydrogen (secondary N) is 1. The fourth-order valence-corrected chi connectivity index (χ4v) is 2.68. The maximum Gasteiger partial charge on any atom is 0.123 e. The molecule has 2 N–H and O–H groups in total. The lowest BCUT2D eigenvalue weighted by atomic mass is 9.90. The molecule has 1 aromatic carbocycles. The molecule has 0 amide bonds. The quantitative estimate of drug-likeness (QED) is 0.719. The van der Waals surface area contributed by atoms with E-state index >= 15 is 0 Å². The number of hydrogen-bond donors (Lipinski definition) is 2. The van der Waals surface area contributed by atoms with E-state index in [1.54, 1.807) is 6.07 Å². The van der Waals surface area contributed by atoms with E-state index in [4.69, 9.17) is 0 Å². The summed E-state index contributed by atoms with van der Waals surface area (Å²) in [7, 11) is 0. The minimum absolute atomic E-state index is 0.135. The molecule has 0 saturated heterocycles. The predicted octanol–water partition coefficient (Wildman–Crippen LogP) is 2.68. The maximum atomic E-state index is 13.5. The molecule has 0 bridgehead atoms. The molecule has 20 heavy (non-hydrogen) atoms. The number of anilines is 1. The molecule has 1 aliphatic carbocycles. The monoisotopic (exact) mass is 280 g/mol. The van der Waals surface area contributed by atoms with Gasteiger partial charge in [0.05, 0.1) is 6.61 Å². The van der Waals surface area contributed by atoms with Gasteiger partial charge in [-0.3, -0.25) is 0 Å². The Morgan fingerprint density at radius 3 is 2.80 bits per heavy atom. The van der Waals surface area contributed by atoms with Crippen molar-refractivity contribution in [2.24, 2.45) is 0 Å². The van der Waals surface area contributed by atoms with E-state index in [1.807, 2.05) is 6.07 Å². The first-order chi connectivity index (χ1) is 9.76. The number of rotatable bonds is 8. The lowest BCUT2D eigenvalue weighted by Crippen LogP contribution is -2.42. The molecule has 0 heterocycles. The average Bonchev–Trinajstić information content (AvgIpc) is 2.37. The highest BCUT2D eigenvalue weighted by molar-refractivity contribution is 5.55. The van der Waals surface area contributed by atoms with Gasteiger partial charge in [-0.2, -0.15) is 0 Å². The molecule has 0 unspecified atom stereocenters. The van der Waals surface area contributed by atoms with Gasteiger partial charge in [0.25, 0.3) is 0 Å². The van der Waals surface area contributed by atoms with Gasteiger partial charge in [-0.1, -0.05) is 6.92 Å². The summed E-state index contributed by atoms with van der Waals surface area (Å²) >= 11 is 0. The third kappa shape index (κ3) is 3.70. The lowest BCUT2D eigenvalue weighted by molar-refractivity contribution is 0.283. The number of hydrogen-bond acceptors (Lipinski definition) is 3. The topological polar surface area (TPSA) is 35.5 Å². The molecule has 112 valence electrons. The van der Waals surface area contributed by atoms with Crippen molar-refractivity contribution in [3.8, 4) is 0 Å². The van der Waals surface area contributed by atoms with Crippen LogP contribution in [0.1, 0.15) is 38.2 Å². The highest BCUT2D eigenvalue weighted by Crippen LogP contribution is 2.31. The Balaban J connectivity index is 2.17. The smallest absolute Gasteiger partial charge is 0.123 e. The molecule has 0 atom stereocenters. The second-order valence-electron chi connectivity index (χ2n) is 5.45. The zero-order valence-corrected chi connectivity index (χ0v) is 12.2. The molecule has 1 fully saturated rings. The lowest BCUT2D eigenvalue weighted by Gasteiger charge is -2.40. The minimum Gasteiger partial charge on any atom is -0.395 e. The summed E-state index contributed by atoms with van der Waals surface area (Å²) in [5.41, 5.74) is 2.05. The summed E-state index contributed by atoms with van der Waals surface area (Å²) in [5.74, 6) is -0.195. The molecular weight excluding hydrogens is 255 g/mol. The van der Waals surface area contributed by atoms with Gasteiger partial charge in [-0.15, -0.1) is 0 Å². The number of aliphatic hydroxyl groups is 1. The molecule has 0 radical (unpaired) electrons. The van der Waals surface area contributed by atoms with Gasteiger partial charge in [0.1, 0.15) is 5.82 Å². The van der Waals surface area contributed by atoms with E-state index in [-0.39, 0.29) is 12.4 Å². The number of halogens is 1. The second kappa shape index (κ2) is 7.60. The first-order valence-corrected chi connectivity index (χ1v) is 7.63. The van der Waals surface area contributed by atoms with E-state index in [0.29, 0.717) is 19.1 Å². The van der Waals surface area contributed by atoms with Crippen molar-refractivity contribution in [2.45, 2.75) is 45.2 Å². The summed E-state index contributed by atoms with van der Waals surface area (Å²) < 4.78 is 13.5. The van der Waals surface area contributed by atoms with Crippen LogP contribution in [-0.2, 0) is 6.54 Å². The van der Waals surface area contributed by atoms with E-state index in [2.05, 4.69) is 17.1 Å². The highest BCUT2D eigenvalue weighted by Gasteiger charge is 2.26. The summed E-state index contributed by atoms with van der Waals surface area (Å²) in [4.78, 5) is 2.24. The van der Waals surface area contributed by atoms with Crippen molar-refractivity contribution in [1.82, 2.24) is 5.32 Å². The van der Waals surface area contributed by atoms with Gasteiger partial charge in [-0.25, -0.2) is 4.39 Å². The zero-order chi connectivity index (χ0) is 14.4. The summed E-state index contributed by atoms with van der Waals surface area (Å²) in [6.45, 7) is 4.48. The third-order valence-electron chi connectivity index (χ3n) is 3.95. The van der Waals surface area contributed by atoms with Crippen LogP contribution in [-0.4, -0.2) is 30.8 Å². The van der Waals surface area contributed by atoms with Crippen LogP contribution in [0.4, 0.5) is 10.1 Å². The van der Waals surface area contributed by atoms with Crippen LogP contribution in [0.5, 0.6) is 0 Å².